The second-order valence-corrected chi connectivity index (χ2v) is 35.3. The van der Waals surface area contributed by atoms with Crippen LogP contribution in [0, 0.1) is 0 Å². The highest BCUT2D eigenvalue weighted by Gasteiger charge is 2.36. The predicted octanol–water partition coefficient (Wildman–Crippen LogP) is 26.6. The molecule has 123 heavy (non-hydrogen) atoms. The largest absolute Gasteiger partial charge is 0.309 e. The normalized spacial score (nSPS) is 12.2. The third-order valence-corrected chi connectivity index (χ3v) is 28.0. The van der Waals surface area contributed by atoms with Crippen molar-refractivity contribution in [1.82, 2.24) is 47.4 Å². The molecule has 0 saturated heterocycles. The number of hydrogen-bond donors (Lipinski definition) is 0. The number of rotatable bonds is 14. The van der Waals surface area contributed by atoms with E-state index >= 15 is 4.57 Å². The smallest absolute Gasteiger partial charge is 0.171 e. The van der Waals surface area contributed by atoms with Gasteiger partial charge in [-0.05, 0) is 122 Å². The van der Waals surface area contributed by atoms with Crippen LogP contribution in [0.15, 0.2) is 394 Å². The molecule has 580 valence electrons. The van der Waals surface area contributed by atoms with Crippen LogP contribution < -0.4 is 15.9 Å². The van der Waals surface area contributed by atoms with E-state index in [1.807, 2.05) is 176 Å². The summed E-state index contributed by atoms with van der Waals surface area (Å²) >= 11 is 2.48. The minimum absolute atomic E-state index is 0.0525. The molecule has 14 heteroatoms. The summed E-state index contributed by atoms with van der Waals surface area (Å²) in [5.74, 6) is 1.31. The molecule has 23 rings (SSSR count). The molecular weight excluding hydrogens is 1560 g/mol. The zero-order valence-electron chi connectivity index (χ0n) is 66.7. The first-order chi connectivity index (χ1) is 60.6. The molecule has 6 heterocycles. The molecule has 6 aromatic heterocycles. The van der Waals surface area contributed by atoms with Gasteiger partial charge < -0.3 is 4.57 Å². The van der Waals surface area contributed by atoms with Crippen molar-refractivity contribution >= 4 is 112 Å². The fourth-order valence-electron chi connectivity index (χ4n) is 17.6. The number of fused-ring (bicyclic) bond motifs is 13. The fraction of sp³-hybridized carbons (Fsp3) is 0.0275. The van der Waals surface area contributed by atoms with Gasteiger partial charge >= 0.3 is 0 Å². The monoisotopic (exact) mass is 1630 g/mol. The van der Waals surface area contributed by atoms with Gasteiger partial charge in [-0.2, -0.15) is 17.5 Å². The summed E-state index contributed by atoms with van der Waals surface area (Å²) in [5, 5.41) is 8.72. The molecule has 0 bridgehead atoms. The van der Waals surface area contributed by atoms with Crippen molar-refractivity contribution in [2.24, 2.45) is 0 Å². The standard InChI is InChI=1S/C56H37N5S.C53H34N5OPS/c1-56(2)46-19-10-9-18-42(46)43-26-24-39(31-47(43)56)34-20-22-35(23-21-34)49-33-50(59-55(58-49)37-14-7-4-8-15-37)41-17-11-16-38(30-41)40-25-27-44-51(32-40)57-53(36-12-5-3-6-13-36)45-28-29-48-54(52(44)45)61-62-60-48;59-60(41-20-9-3-10-21-41,42-22-11-4-12-23-42)43-27-24-35(25-28-43)47-34-48(56-53(55-47)37-16-7-2-8-17-37)40-19-13-18-38(32-40)39-26-29-44-49(33-39)54-51(36-14-5-1-6-15-36)45-30-31-46-52(50(44)45)58-61-57-46/h3-33H,1-2H3;1-34H. The van der Waals surface area contributed by atoms with E-state index in [0.29, 0.717) is 11.6 Å². The Morgan fingerprint density at radius 1 is 0.236 bits per heavy atom. The van der Waals surface area contributed by atoms with Crippen molar-refractivity contribution < 1.29 is 4.57 Å². The number of nitrogens with zero attached hydrogens (tertiary/aromatic N) is 10. The van der Waals surface area contributed by atoms with Crippen LogP contribution in [-0.4, -0.2) is 47.4 Å². The quantitative estimate of drug-likeness (QED) is 0.0757. The second-order valence-electron chi connectivity index (χ2n) is 31.5. The predicted molar refractivity (Wildman–Crippen MR) is 508 cm³/mol. The Labute approximate surface area is 718 Å². The highest BCUT2D eigenvalue weighted by atomic mass is 32.1. The van der Waals surface area contributed by atoms with E-state index in [2.05, 4.69) is 241 Å². The summed E-state index contributed by atoms with van der Waals surface area (Å²) < 4.78 is 33.7. The first kappa shape index (κ1) is 74.2. The van der Waals surface area contributed by atoms with E-state index in [9.17, 15) is 0 Å². The maximum absolute atomic E-state index is 15.1. The molecule has 0 aliphatic heterocycles. The molecule has 0 radical (unpaired) electrons. The lowest BCUT2D eigenvalue weighted by Gasteiger charge is -2.22. The summed E-state index contributed by atoms with van der Waals surface area (Å²) in [7, 11) is -3.13. The minimum atomic E-state index is -3.13. The van der Waals surface area contributed by atoms with Crippen LogP contribution in [0.1, 0.15) is 25.0 Å². The fourth-order valence-corrected chi connectivity index (χ4v) is 21.3. The van der Waals surface area contributed by atoms with Gasteiger partial charge in [0.25, 0.3) is 0 Å². The van der Waals surface area contributed by atoms with Crippen LogP contribution in [0.2, 0.25) is 0 Å². The van der Waals surface area contributed by atoms with Crippen molar-refractivity contribution in [2.75, 3.05) is 0 Å². The van der Waals surface area contributed by atoms with Crippen molar-refractivity contribution in [2.45, 2.75) is 19.3 Å². The average Bonchev–Trinajstić information content (AvgIpc) is 1.61. The van der Waals surface area contributed by atoms with Gasteiger partial charge in [0, 0.05) is 98.2 Å². The molecule has 1 aliphatic rings. The Hall–Kier alpha value is -15.1. The highest BCUT2D eigenvalue weighted by molar-refractivity contribution is 7.85. The summed E-state index contributed by atoms with van der Waals surface area (Å²) in [6, 6.07) is 136. The van der Waals surface area contributed by atoms with E-state index in [0.717, 1.165) is 182 Å². The first-order valence-corrected chi connectivity index (χ1v) is 44.1. The maximum atomic E-state index is 15.1. The Morgan fingerprint density at radius 3 is 1.05 bits per heavy atom. The topological polar surface area (TPSA) is 146 Å². The number of hydrogen-bond acceptors (Lipinski definition) is 13. The Bertz CT molecular complexity index is 7870. The number of benzene rings is 16. The van der Waals surface area contributed by atoms with Crippen molar-refractivity contribution in [3.63, 3.8) is 0 Å². The first-order valence-electron chi connectivity index (χ1n) is 40.9. The highest BCUT2D eigenvalue weighted by Crippen LogP contribution is 2.51. The molecule has 0 amide bonds. The summed E-state index contributed by atoms with van der Waals surface area (Å²) in [6.45, 7) is 4.66. The lowest BCUT2D eigenvalue weighted by molar-refractivity contribution is 0.592. The third-order valence-electron chi connectivity index (χ3n) is 23.8. The van der Waals surface area contributed by atoms with Gasteiger partial charge in [0.05, 0.1) is 68.7 Å². The zero-order chi connectivity index (χ0) is 82.1. The van der Waals surface area contributed by atoms with E-state index in [-0.39, 0.29) is 5.41 Å². The molecule has 0 atom stereocenters. The molecule has 22 aromatic rings. The summed E-state index contributed by atoms with van der Waals surface area (Å²) in [6.07, 6.45) is 0. The lowest BCUT2D eigenvalue weighted by atomic mass is 9.81. The maximum Gasteiger partial charge on any atom is 0.171 e. The molecule has 0 N–H and O–H groups in total. The van der Waals surface area contributed by atoms with Gasteiger partial charge in [0.15, 0.2) is 18.8 Å². The van der Waals surface area contributed by atoms with E-state index in [1.54, 1.807) is 0 Å². The van der Waals surface area contributed by atoms with Crippen molar-refractivity contribution in [1.29, 1.82) is 0 Å². The average molecular weight is 1630 g/mol. The van der Waals surface area contributed by atoms with Crippen LogP contribution in [0.5, 0.6) is 0 Å². The Morgan fingerprint density at radius 2 is 0.577 bits per heavy atom. The number of aromatic nitrogens is 10. The van der Waals surface area contributed by atoms with Crippen molar-refractivity contribution in [3.05, 3.63) is 405 Å². The summed E-state index contributed by atoms with van der Waals surface area (Å²) in [4.78, 5) is 31.2. The van der Waals surface area contributed by atoms with E-state index < -0.39 is 7.14 Å². The second kappa shape index (κ2) is 30.9. The van der Waals surface area contributed by atoms with Gasteiger partial charge in [-0.15, -0.1) is 0 Å². The van der Waals surface area contributed by atoms with Crippen LogP contribution >= 0.6 is 30.6 Å². The minimum Gasteiger partial charge on any atom is -0.309 e. The van der Waals surface area contributed by atoms with E-state index in [1.165, 1.54) is 56.8 Å². The third kappa shape index (κ3) is 13.5. The number of pyridine rings is 2. The molecule has 0 spiro atoms. The molecule has 0 fully saturated rings. The van der Waals surface area contributed by atoms with Gasteiger partial charge in [-0.25, -0.2) is 29.9 Å². The molecule has 0 saturated carbocycles. The Kier molecular flexibility index (Phi) is 18.7. The Balaban J connectivity index is 0.000000147. The van der Waals surface area contributed by atoms with E-state index in [4.69, 9.17) is 38.7 Å². The molecular formula is C109H71N10OPS2. The molecule has 1 aliphatic carbocycles. The lowest BCUT2D eigenvalue weighted by Crippen LogP contribution is -2.24. The molecule has 16 aromatic carbocycles. The zero-order valence-corrected chi connectivity index (χ0v) is 69.2. The van der Waals surface area contributed by atoms with Crippen molar-refractivity contribution in [3.8, 4) is 135 Å². The van der Waals surface area contributed by atoms with Gasteiger partial charge in [0.1, 0.15) is 22.1 Å². The molecule has 0 unspecified atom stereocenters. The van der Waals surface area contributed by atoms with Gasteiger partial charge in [0.2, 0.25) is 0 Å². The van der Waals surface area contributed by atoms with Crippen LogP contribution in [0.3, 0.4) is 0 Å². The van der Waals surface area contributed by atoms with Crippen LogP contribution in [0.25, 0.3) is 200 Å². The van der Waals surface area contributed by atoms with Gasteiger partial charge in [-0.3, -0.25) is 0 Å². The molecule has 11 nitrogen and oxygen atoms in total. The summed E-state index contributed by atoms with van der Waals surface area (Å²) in [5.41, 5.74) is 30.4. The SMILES string of the molecule is CC1(C)c2ccccc2-c2ccc(-c3ccc(-c4cc(-c5cccc(-c6ccc7c(c6)nc(-c6ccccc6)c6ccc8nsnc8c67)c5)nc(-c5ccccc5)n4)cc3)cc21.O=P(c1ccccc1)(c1ccccc1)c1ccc(-c2cc(-c3cccc(-c4ccc5c(c4)nc(-c4ccccc4)c4ccc6nsnc6c45)c3)nc(-c3ccccc3)n2)cc1. The van der Waals surface area contributed by atoms with Gasteiger partial charge in [-0.1, -0.05) is 341 Å². The van der Waals surface area contributed by atoms with Crippen LogP contribution in [-0.2, 0) is 9.98 Å². The van der Waals surface area contributed by atoms with Crippen LogP contribution in [0.4, 0.5) is 0 Å².